The molecule has 18 heavy (non-hydrogen) atoms. The molecule has 0 bridgehead atoms. The molecule has 2 aliphatic carbocycles. The fourth-order valence-corrected chi connectivity index (χ4v) is 4.41. The van der Waals surface area contributed by atoms with Gasteiger partial charge in [-0.05, 0) is 62.9 Å². The highest BCUT2D eigenvalue weighted by Crippen LogP contribution is 2.39. The van der Waals surface area contributed by atoms with Crippen molar-refractivity contribution in [2.24, 2.45) is 17.8 Å². The van der Waals surface area contributed by atoms with Crippen LogP contribution in [0.3, 0.4) is 0 Å². The lowest BCUT2D eigenvalue weighted by Gasteiger charge is -2.33. The Bertz CT molecular complexity index is 274. The Balaban J connectivity index is 1.63. The summed E-state index contributed by atoms with van der Waals surface area (Å²) in [5.41, 5.74) is 0. The summed E-state index contributed by atoms with van der Waals surface area (Å²) in [4.78, 5) is 2.85. The van der Waals surface area contributed by atoms with Crippen molar-refractivity contribution >= 4 is 0 Å². The van der Waals surface area contributed by atoms with Crippen LogP contribution in [0.4, 0.5) is 0 Å². The summed E-state index contributed by atoms with van der Waals surface area (Å²) in [5, 5.41) is 3.80. The number of hydrogen-bond acceptors (Lipinski definition) is 2. The van der Waals surface area contributed by atoms with Gasteiger partial charge in [-0.25, -0.2) is 0 Å². The molecule has 0 aromatic carbocycles. The maximum Gasteiger partial charge on any atom is 0.0223 e. The fourth-order valence-electron chi connectivity index (χ4n) is 4.41. The Morgan fingerprint density at radius 3 is 2.67 bits per heavy atom. The van der Waals surface area contributed by atoms with Gasteiger partial charge in [-0.15, -0.1) is 0 Å². The maximum atomic E-state index is 3.80. The van der Waals surface area contributed by atoms with Crippen LogP contribution >= 0.6 is 0 Å². The van der Waals surface area contributed by atoms with E-state index >= 15 is 0 Å². The van der Waals surface area contributed by atoms with Crippen LogP contribution in [-0.4, -0.2) is 36.6 Å². The molecule has 2 saturated carbocycles. The van der Waals surface area contributed by atoms with E-state index in [9.17, 15) is 0 Å². The smallest absolute Gasteiger partial charge is 0.0223 e. The molecule has 0 radical (unpaired) electrons. The van der Waals surface area contributed by atoms with Crippen LogP contribution in [0, 0.1) is 17.8 Å². The Morgan fingerprint density at radius 2 is 2.00 bits per heavy atom. The molecule has 1 saturated heterocycles. The molecular formula is C16H30N2. The van der Waals surface area contributed by atoms with E-state index in [1.54, 1.807) is 0 Å². The highest BCUT2D eigenvalue weighted by atomic mass is 15.2. The van der Waals surface area contributed by atoms with Crippen molar-refractivity contribution in [2.75, 3.05) is 19.6 Å². The van der Waals surface area contributed by atoms with Gasteiger partial charge < -0.3 is 5.32 Å². The quantitative estimate of drug-likeness (QED) is 0.828. The number of nitrogens with zero attached hydrogens (tertiary/aromatic N) is 1. The predicted molar refractivity (Wildman–Crippen MR) is 76.7 cm³/mol. The van der Waals surface area contributed by atoms with Gasteiger partial charge in [0.2, 0.25) is 0 Å². The van der Waals surface area contributed by atoms with E-state index in [0.29, 0.717) is 0 Å². The molecule has 2 heteroatoms. The van der Waals surface area contributed by atoms with Crippen LogP contribution in [0.5, 0.6) is 0 Å². The first kappa shape index (κ1) is 12.9. The van der Waals surface area contributed by atoms with E-state index in [-0.39, 0.29) is 0 Å². The number of hydrogen-bond donors (Lipinski definition) is 1. The zero-order valence-electron chi connectivity index (χ0n) is 12.2. The van der Waals surface area contributed by atoms with Crippen LogP contribution in [0.15, 0.2) is 0 Å². The summed E-state index contributed by atoms with van der Waals surface area (Å²) in [5.74, 6) is 2.92. The van der Waals surface area contributed by atoms with E-state index in [0.717, 1.165) is 29.8 Å². The second-order valence-electron chi connectivity index (χ2n) is 6.92. The van der Waals surface area contributed by atoms with Gasteiger partial charge in [-0.3, -0.25) is 4.90 Å². The molecule has 0 spiro atoms. The van der Waals surface area contributed by atoms with E-state index < -0.39 is 0 Å². The molecule has 1 heterocycles. The third-order valence-electron chi connectivity index (χ3n) is 5.83. The molecule has 4 atom stereocenters. The summed E-state index contributed by atoms with van der Waals surface area (Å²) in [6.07, 6.45) is 8.61. The van der Waals surface area contributed by atoms with Crippen LogP contribution in [0.2, 0.25) is 0 Å². The highest BCUT2D eigenvalue weighted by molar-refractivity contribution is 4.94. The summed E-state index contributed by atoms with van der Waals surface area (Å²) in [6, 6.07) is 1.69. The van der Waals surface area contributed by atoms with Crippen LogP contribution in [-0.2, 0) is 0 Å². The molecule has 1 N–H and O–H groups in total. The Morgan fingerprint density at radius 1 is 1.17 bits per heavy atom. The zero-order valence-corrected chi connectivity index (χ0v) is 12.2. The molecule has 3 rings (SSSR count). The monoisotopic (exact) mass is 250 g/mol. The Hall–Kier alpha value is -0.0800. The molecule has 2 nitrogen and oxygen atoms in total. The van der Waals surface area contributed by atoms with E-state index in [1.807, 2.05) is 0 Å². The first-order valence-corrected chi connectivity index (χ1v) is 8.27. The molecule has 104 valence electrons. The largest absolute Gasteiger partial charge is 0.312 e. The van der Waals surface area contributed by atoms with E-state index in [2.05, 4.69) is 24.1 Å². The van der Waals surface area contributed by atoms with E-state index in [4.69, 9.17) is 0 Å². The topological polar surface area (TPSA) is 15.3 Å². The molecule has 4 unspecified atom stereocenters. The van der Waals surface area contributed by atoms with Gasteiger partial charge in [-0.1, -0.05) is 20.3 Å². The molecule has 3 aliphatic rings. The van der Waals surface area contributed by atoms with Crippen molar-refractivity contribution in [3.8, 4) is 0 Å². The summed E-state index contributed by atoms with van der Waals surface area (Å²) in [7, 11) is 0. The molecule has 0 aromatic heterocycles. The molecule has 1 aliphatic heterocycles. The predicted octanol–water partition coefficient (Wildman–Crippen LogP) is 2.89. The van der Waals surface area contributed by atoms with Crippen LogP contribution < -0.4 is 5.32 Å². The molecule has 0 aromatic rings. The lowest BCUT2D eigenvalue weighted by molar-refractivity contribution is 0.147. The first-order chi connectivity index (χ1) is 8.79. The number of rotatable bonds is 3. The van der Waals surface area contributed by atoms with Crippen molar-refractivity contribution < 1.29 is 0 Å². The summed E-state index contributed by atoms with van der Waals surface area (Å²) in [6.45, 7) is 8.80. The van der Waals surface area contributed by atoms with Gasteiger partial charge in [0.15, 0.2) is 0 Å². The van der Waals surface area contributed by atoms with Gasteiger partial charge in [0, 0.05) is 18.6 Å². The highest BCUT2D eigenvalue weighted by Gasteiger charge is 2.39. The minimum absolute atomic E-state index is 0.806. The second kappa shape index (κ2) is 5.50. The number of nitrogens with one attached hydrogen (secondary N) is 1. The van der Waals surface area contributed by atoms with Crippen molar-refractivity contribution in [1.82, 2.24) is 10.2 Å². The third-order valence-corrected chi connectivity index (χ3v) is 5.83. The lowest BCUT2D eigenvalue weighted by atomic mass is 9.92. The average molecular weight is 250 g/mol. The van der Waals surface area contributed by atoms with Gasteiger partial charge >= 0.3 is 0 Å². The van der Waals surface area contributed by atoms with Gasteiger partial charge in [0.1, 0.15) is 0 Å². The zero-order chi connectivity index (χ0) is 12.5. The summed E-state index contributed by atoms with van der Waals surface area (Å²) < 4.78 is 0. The molecule has 3 fully saturated rings. The van der Waals surface area contributed by atoms with Crippen molar-refractivity contribution in [1.29, 1.82) is 0 Å². The SMILES string of the molecule is CCC1CCC(N2CCCNC(C3CC3)C2)C1C. The molecular weight excluding hydrogens is 220 g/mol. The minimum Gasteiger partial charge on any atom is -0.312 e. The first-order valence-electron chi connectivity index (χ1n) is 8.27. The minimum atomic E-state index is 0.806. The standard InChI is InChI=1S/C16H30N2/c1-3-13-7-8-16(12(13)2)18-10-4-9-17-15(11-18)14-5-6-14/h12-17H,3-11H2,1-2H3. The lowest BCUT2D eigenvalue weighted by Crippen LogP contribution is -2.45. The molecule has 0 amide bonds. The average Bonchev–Trinajstić information content (AvgIpc) is 3.16. The van der Waals surface area contributed by atoms with E-state index in [1.165, 1.54) is 58.2 Å². The van der Waals surface area contributed by atoms with Crippen molar-refractivity contribution in [2.45, 2.75) is 64.5 Å². The summed E-state index contributed by atoms with van der Waals surface area (Å²) >= 11 is 0. The second-order valence-corrected chi connectivity index (χ2v) is 6.92. The van der Waals surface area contributed by atoms with Gasteiger partial charge in [0.25, 0.3) is 0 Å². The fraction of sp³-hybridized carbons (Fsp3) is 1.00. The normalized spacial score (nSPS) is 43.0. The van der Waals surface area contributed by atoms with Gasteiger partial charge in [0.05, 0.1) is 0 Å². The van der Waals surface area contributed by atoms with Gasteiger partial charge in [-0.2, -0.15) is 0 Å². The Kier molecular flexibility index (Phi) is 3.95. The van der Waals surface area contributed by atoms with Crippen LogP contribution in [0.1, 0.15) is 52.4 Å². The van der Waals surface area contributed by atoms with Crippen molar-refractivity contribution in [3.63, 3.8) is 0 Å². The van der Waals surface area contributed by atoms with Crippen molar-refractivity contribution in [3.05, 3.63) is 0 Å². The third kappa shape index (κ3) is 2.60. The Labute approximate surface area is 113 Å². The van der Waals surface area contributed by atoms with Crippen LogP contribution in [0.25, 0.3) is 0 Å². The maximum absolute atomic E-state index is 3.80.